The summed E-state index contributed by atoms with van der Waals surface area (Å²) >= 11 is 0. The van der Waals surface area contributed by atoms with Crippen molar-refractivity contribution in [3.63, 3.8) is 0 Å². The molecule has 0 saturated carbocycles. The normalized spacial score (nSPS) is 18.9. The van der Waals surface area contributed by atoms with E-state index in [9.17, 15) is 13.9 Å². The highest BCUT2D eigenvalue weighted by Gasteiger charge is 2.18. The van der Waals surface area contributed by atoms with E-state index >= 15 is 0 Å². The van der Waals surface area contributed by atoms with Crippen LogP contribution in [0.25, 0.3) is 0 Å². The molecule has 5 heteroatoms. The summed E-state index contributed by atoms with van der Waals surface area (Å²) in [5.74, 6) is -0.710. The maximum atomic E-state index is 13.5. The minimum Gasteiger partial charge on any atom is -0.387 e. The van der Waals surface area contributed by atoms with Crippen LogP contribution in [0.3, 0.4) is 0 Å². The van der Waals surface area contributed by atoms with Gasteiger partial charge in [0.25, 0.3) is 0 Å². The summed E-state index contributed by atoms with van der Waals surface area (Å²) < 4.78 is 26.4. The molecule has 2 rings (SSSR count). The van der Waals surface area contributed by atoms with Gasteiger partial charge in [0.05, 0.1) is 6.10 Å². The Bertz CT molecular complexity index is 448. The van der Waals surface area contributed by atoms with Crippen molar-refractivity contribution in [1.29, 1.82) is 0 Å². The maximum absolute atomic E-state index is 13.5. The molecule has 21 heavy (non-hydrogen) atoms. The zero-order chi connectivity index (χ0) is 15.2. The molecule has 3 nitrogen and oxygen atoms in total. The van der Waals surface area contributed by atoms with Gasteiger partial charge in [-0.2, -0.15) is 0 Å². The average Bonchev–Trinajstić information content (AvgIpc) is 2.47. The number of benzene rings is 1. The molecule has 1 atom stereocenters. The van der Waals surface area contributed by atoms with Gasteiger partial charge in [-0.15, -0.1) is 0 Å². The fourth-order valence-electron chi connectivity index (χ4n) is 2.81. The SMILES string of the molecule is CCN1CCC(CNCC(O)c2ccc(F)cc2F)CC1. The molecule has 1 unspecified atom stereocenters. The minimum absolute atomic E-state index is 0.143. The fraction of sp³-hybridized carbons (Fsp3) is 0.625. The maximum Gasteiger partial charge on any atom is 0.131 e. The molecule has 0 radical (unpaired) electrons. The number of nitrogens with one attached hydrogen (secondary N) is 1. The Kier molecular flexibility index (Phi) is 6.08. The Morgan fingerprint density at radius 1 is 1.33 bits per heavy atom. The Labute approximate surface area is 125 Å². The molecule has 1 aromatic rings. The van der Waals surface area contributed by atoms with E-state index in [4.69, 9.17) is 0 Å². The third kappa shape index (κ3) is 4.73. The lowest BCUT2D eigenvalue weighted by Gasteiger charge is -2.31. The van der Waals surface area contributed by atoms with Crippen LogP contribution in [0.1, 0.15) is 31.4 Å². The van der Waals surface area contributed by atoms with Crippen LogP contribution in [0, 0.1) is 17.6 Å². The minimum atomic E-state index is -0.943. The molecule has 1 saturated heterocycles. The van der Waals surface area contributed by atoms with E-state index in [1.807, 2.05) is 0 Å². The van der Waals surface area contributed by atoms with Crippen LogP contribution in [0.2, 0.25) is 0 Å². The van der Waals surface area contributed by atoms with Gasteiger partial charge < -0.3 is 15.3 Å². The van der Waals surface area contributed by atoms with Gasteiger partial charge in [0.2, 0.25) is 0 Å². The van der Waals surface area contributed by atoms with Crippen LogP contribution < -0.4 is 5.32 Å². The van der Waals surface area contributed by atoms with Gasteiger partial charge in [-0.3, -0.25) is 0 Å². The quantitative estimate of drug-likeness (QED) is 0.846. The summed E-state index contributed by atoms with van der Waals surface area (Å²) in [6.45, 7) is 6.64. The van der Waals surface area contributed by atoms with E-state index in [1.54, 1.807) is 0 Å². The molecular weight excluding hydrogens is 274 g/mol. The largest absolute Gasteiger partial charge is 0.387 e. The van der Waals surface area contributed by atoms with Crippen molar-refractivity contribution in [2.45, 2.75) is 25.9 Å². The van der Waals surface area contributed by atoms with Crippen molar-refractivity contribution < 1.29 is 13.9 Å². The Morgan fingerprint density at radius 3 is 2.67 bits per heavy atom. The number of nitrogens with zero attached hydrogens (tertiary/aromatic N) is 1. The number of hydrogen-bond donors (Lipinski definition) is 2. The highest BCUT2D eigenvalue weighted by Crippen LogP contribution is 2.19. The number of aliphatic hydroxyl groups excluding tert-OH is 1. The van der Waals surface area contributed by atoms with E-state index in [0.29, 0.717) is 5.92 Å². The number of hydrogen-bond acceptors (Lipinski definition) is 3. The summed E-state index contributed by atoms with van der Waals surface area (Å²) in [7, 11) is 0. The van der Waals surface area contributed by atoms with E-state index in [2.05, 4.69) is 17.1 Å². The van der Waals surface area contributed by atoms with Gasteiger partial charge in [-0.1, -0.05) is 13.0 Å². The van der Waals surface area contributed by atoms with E-state index in [-0.39, 0.29) is 12.1 Å². The number of likely N-dealkylation sites (tertiary alicyclic amines) is 1. The second-order valence-corrected chi connectivity index (χ2v) is 5.72. The monoisotopic (exact) mass is 298 g/mol. The highest BCUT2D eigenvalue weighted by molar-refractivity contribution is 5.21. The summed E-state index contributed by atoms with van der Waals surface area (Å²) in [6.07, 6.45) is 1.37. The van der Waals surface area contributed by atoms with Crippen LogP contribution in [0.4, 0.5) is 8.78 Å². The lowest BCUT2D eigenvalue weighted by atomic mass is 9.96. The molecule has 1 fully saturated rings. The van der Waals surface area contributed by atoms with Gasteiger partial charge in [0, 0.05) is 18.2 Å². The molecule has 1 aromatic carbocycles. The van der Waals surface area contributed by atoms with E-state index < -0.39 is 17.7 Å². The van der Waals surface area contributed by atoms with Crippen LogP contribution in [-0.4, -0.2) is 42.7 Å². The van der Waals surface area contributed by atoms with Crippen LogP contribution in [0.5, 0.6) is 0 Å². The van der Waals surface area contributed by atoms with Crippen molar-refractivity contribution in [3.8, 4) is 0 Å². The van der Waals surface area contributed by atoms with Gasteiger partial charge in [-0.25, -0.2) is 8.78 Å². The third-order valence-corrected chi connectivity index (χ3v) is 4.25. The van der Waals surface area contributed by atoms with Crippen molar-refractivity contribution in [3.05, 3.63) is 35.4 Å². The van der Waals surface area contributed by atoms with Crippen molar-refractivity contribution >= 4 is 0 Å². The van der Waals surface area contributed by atoms with Crippen molar-refractivity contribution in [2.24, 2.45) is 5.92 Å². The summed E-state index contributed by atoms with van der Waals surface area (Å²) in [5, 5.41) is 13.2. The Morgan fingerprint density at radius 2 is 2.05 bits per heavy atom. The number of piperidine rings is 1. The topological polar surface area (TPSA) is 35.5 Å². The zero-order valence-corrected chi connectivity index (χ0v) is 12.5. The van der Waals surface area contributed by atoms with Crippen LogP contribution >= 0.6 is 0 Å². The van der Waals surface area contributed by atoms with Gasteiger partial charge in [0.15, 0.2) is 0 Å². The second kappa shape index (κ2) is 7.82. The van der Waals surface area contributed by atoms with Crippen LogP contribution in [0.15, 0.2) is 18.2 Å². The predicted molar refractivity (Wildman–Crippen MR) is 79.0 cm³/mol. The standard InChI is InChI=1S/C16H24F2N2O/c1-2-20-7-5-12(6-8-20)10-19-11-16(21)14-4-3-13(17)9-15(14)18/h3-4,9,12,16,19,21H,2,5-8,10-11H2,1H3. The first-order valence-electron chi connectivity index (χ1n) is 7.66. The fourth-order valence-corrected chi connectivity index (χ4v) is 2.81. The molecule has 1 aliphatic rings. The van der Waals surface area contributed by atoms with E-state index in [1.165, 1.54) is 12.1 Å². The highest BCUT2D eigenvalue weighted by atomic mass is 19.1. The molecule has 1 aliphatic heterocycles. The van der Waals surface area contributed by atoms with Crippen molar-refractivity contribution in [2.75, 3.05) is 32.7 Å². The van der Waals surface area contributed by atoms with E-state index in [0.717, 1.165) is 45.1 Å². The van der Waals surface area contributed by atoms with Crippen molar-refractivity contribution in [1.82, 2.24) is 10.2 Å². The summed E-state index contributed by atoms with van der Waals surface area (Å²) in [6, 6.07) is 3.28. The number of halogens is 2. The molecule has 0 spiro atoms. The molecule has 0 aliphatic carbocycles. The lowest BCUT2D eigenvalue weighted by molar-refractivity contribution is 0.158. The van der Waals surface area contributed by atoms with Gasteiger partial charge in [-0.05, 0) is 51.0 Å². The molecular formula is C16H24F2N2O. The molecule has 0 aromatic heterocycles. The smallest absolute Gasteiger partial charge is 0.131 e. The zero-order valence-electron chi connectivity index (χ0n) is 12.5. The number of rotatable bonds is 6. The lowest BCUT2D eigenvalue weighted by Crippen LogP contribution is -2.37. The molecule has 0 bridgehead atoms. The molecule has 118 valence electrons. The molecule has 0 amide bonds. The summed E-state index contributed by atoms with van der Waals surface area (Å²) in [4.78, 5) is 2.43. The molecule has 2 N–H and O–H groups in total. The second-order valence-electron chi connectivity index (χ2n) is 5.72. The van der Waals surface area contributed by atoms with Crippen LogP contribution in [-0.2, 0) is 0 Å². The third-order valence-electron chi connectivity index (χ3n) is 4.25. The van der Waals surface area contributed by atoms with Gasteiger partial charge >= 0.3 is 0 Å². The summed E-state index contributed by atoms with van der Waals surface area (Å²) in [5.41, 5.74) is 0.143. The first kappa shape index (κ1) is 16.3. The Hall–Kier alpha value is -1.04. The predicted octanol–water partition coefficient (Wildman–Crippen LogP) is 2.32. The Balaban J connectivity index is 1.73. The average molecular weight is 298 g/mol. The number of aliphatic hydroxyl groups is 1. The van der Waals surface area contributed by atoms with Gasteiger partial charge in [0.1, 0.15) is 11.6 Å². The first-order chi connectivity index (χ1) is 10.1. The molecule has 1 heterocycles. The first-order valence-corrected chi connectivity index (χ1v) is 7.66.